The second-order valence-corrected chi connectivity index (χ2v) is 13.0. The molecule has 3 aromatic carbocycles. The molecule has 0 saturated heterocycles. The first-order valence-electron chi connectivity index (χ1n) is 12.6. The Hall–Kier alpha value is -3.38. The van der Waals surface area contributed by atoms with E-state index in [9.17, 15) is 30.7 Å². The molecular weight excluding hydrogens is 542 g/mol. The normalized spacial score (nSPS) is 16.2. The number of hydrogen-bond donors (Lipinski definition) is 1. The molecule has 0 fully saturated rings. The molecule has 202 valence electrons. The fourth-order valence-electron chi connectivity index (χ4n) is 6.01. The minimum absolute atomic E-state index is 0.0294. The Morgan fingerprint density at radius 1 is 1.00 bits per heavy atom. The molecule has 3 heterocycles. The number of rotatable bonds is 5. The van der Waals surface area contributed by atoms with Gasteiger partial charge in [0.15, 0.2) is 0 Å². The van der Waals surface area contributed by atoms with Gasteiger partial charge >= 0.3 is 0 Å². The summed E-state index contributed by atoms with van der Waals surface area (Å²) in [5.41, 5.74) is 3.85. The first kappa shape index (κ1) is 25.9. The van der Waals surface area contributed by atoms with Crippen LogP contribution in [0.15, 0.2) is 52.3 Å². The maximum Gasteiger partial charge on any atom is 0.295 e. The molecule has 3 aliphatic rings. The van der Waals surface area contributed by atoms with E-state index in [2.05, 4.69) is 4.58 Å². The highest BCUT2D eigenvalue weighted by Crippen LogP contribution is 2.40. The van der Waals surface area contributed by atoms with Gasteiger partial charge in [-0.3, -0.25) is 9.35 Å². The second kappa shape index (κ2) is 9.09. The second-order valence-electron chi connectivity index (χ2n) is 10.2. The Morgan fingerprint density at radius 2 is 1.72 bits per heavy atom. The van der Waals surface area contributed by atoms with Gasteiger partial charge in [0.05, 0.1) is 10.5 Å². The molecule has 11 heteroatoms. The lowest BCUT2D eigenvalue weighted by molar-refractivity contribution is -0.116. The van der Waals surface area contributed by atoms with E-state index in [4.69, 9.17) is 4.74 Å². The molecule has 0 aromatic heterocycles. The van der Waals surface area contributed by atoms with Crippen LogP contribution in [-0.4, -0.2) is 44.8 Å². The van der Waals surface area contributed by atoms with Crippen LogP contribution in [0.5, 0.6) is 11.5 Å². The van der Waals surface area contributed by atoms with E-state index in [1.165, 1.54) is 13.0 Å². The average Bonchev–Trinajstić information content (AvgIpc) is 2.86. The minimum atomic E-state index is -4.99. The number of carbonyl (C=O) groups excluding carboxylic acids is 1. The van der Waals surface area contributed by atoms with Crippen molar-refractivity contribution in [2.45, 2.75) is 48.8 Å². The summed E-state index contributed by atoms with van der Waals surface area (Å²) in [4.78, 5) is 10.4. The van der Waals surface area contributed by atoms with Gasteiger partial charge in [-0.15, -0.1) is 0 Å². The third kappa shape index (κ3) is 4.49. The molecule has 0 bridgehead atoms. The van der Waals surface area contributed by atoms with Gasteiger partial charge in [-0.25, -0.2) is 13.0 Å². The van der Waals surface area contributed by atoms with Crippen molar-refractivity contribution in [2.75, 3.05) is 13.1 Å². The van der Waals surface area contributed by atoms with E-state index < -0.39 is 30.0 Å². The van der Waals surface area contributed by atoms with Crippen molar-refractivity contribution < 1.29 is 35.5 Å². The fourth-order valence-corrected chi connectivity index (χ4v) is 7.31. The summed E-state index contributed by atoms with van der Waals surface area (Å²) in [6.45, 7) is 3.36. The molecule has 0 aliphatic carbocycles. The predicted molar refractivity (Wildman–Crippen MR) is 140 cm³/mol. The largest absolute Gasteiger partial charge is 0.744 e. The molecular formula is C28H25NO8S2. The van der Waals surface area contributed by atoms with Crippen molar-refractivity contribution in [2.24, 2.45) is 0 Å². The van der Waals surface area contributed by atoms with Gasteiger partial charge in [0.1, 0.15) is 45.4 Å². The topological polar surface area (TPSA) is 141 Å². The van der Waals surface area contributed by atoms with Gasteiger partial charge in [-0.05, 0) is 49.6 Å². The average molecular weight is 568 g/mol. The summed E-state index contributed by atoms with van der Waals surface area (Å²) in [5.74, 6) is 0.963. The zero-order valence-corrected chi connectivity index (χ0v) is 22.7. The van der Waals surface area contributed by atoms with Crippen molar-refractivity contribution in [1.82, 2.24) is 4.58 Å². The van der Waals surface area contributed by atoms with Crippen LogP contribution in [0.25, 0.3) is 5.57 Å². The number of ketones is 1. The highest BCUT2D eigenvalue weighted by atomic mass is 32.2. The molecule has 0 atom stereocenters. The number of nitrogens with zero attached hydrogens (tertiary/aromatic N) is 1. The van der Waals surface area contributed by atoms with E-state index in [0.717, 1.165) is 66.9 Å². The Bertz CT molecular complexity index is 1940. The Labute approximate surface area is 225 Å². The van der Waals surface area contributed by atoms with Crippen molar-refractivity contribution in [3.8, 4) is 11.5 Å². The third-order valence-electron chi connectivity index (χ3n) is 7.51. The zero-order valence-electron chi connectivity index (χ0n) is 21.1. The maximum absolute atomic E-state index is 12.6. The molecule has 39 heavy (non-hydrogen) atoms. The van der Waals surface area contributed by atoms with Crippen molar-refractivity contribution >= 4 is 31.6 Å². The molecule has 9 nitrogen and oxygen atoms in total. The minimum Gasteiger partial charge on any atom is -0.744 e. The highest BCUT2D eigenvalue weighted by Gasteiger charge is 2.33. The summed E-state index contributed by atoms with van der Waals surface area (Å²) in [5, 5.41) is 1.76. The fraction of sp³-hybridized carbons (Fsp3) is 0.286. The number of hydrogen-bond acceptors (Lipinski definition) is 7. The van der Waals surface area contributed by atoms with Crippen LogP contribution in [0.2, 0.25) is 0 Å². The van der Waals surface area contributed by atoms with Gasteiger partial charge < -0.3 is 9.29 Å². The van der Waals surface area contributed by atoms with Gasteiger partial charge in [0, 0.05) is 46.7 Å². The smallest absolute Gasteiger partial charge is 0.295 e. The van der Waals surface area contributed by atoms with Crippen LogP contribution in [0.4, 0.5) is 0 Å². The SMILES string of the molecule is CC(=O)Cc1ccc2c(c1)Oc1c3c4c(cc1=C2c1ccc(S(=O)(=O)[O-])cc1S(=O)(=O)O)CCC[N+]=4CCC3. The quantitative estimate of drug-likeness (QED) is 0.284. The van der Waals surface area contributed by atoms with E-state index in [1.54, 1.807) is 18.2 Å². The molecule has 6 rings (SSSR count). The van der Waals surface area contributed by atoms with E-state index in [0.29, 0.717) is 33.9 Å². The lowest BCUT2D eigenvalue weighted by Gasteiger charge is -2.27. The number of benzene rings is 3. The molecule has 3 aliphatic heterocycles. The first-order valence-corrected chi connectivity index (χ1v) is 15.5. The maximum atomic E-state index is 12.6. The Morgan fingerprint density at radius 3 is 2.41 bits per heavy atom. The van der Waals surface area contributed by atoms with Gasteiger partial charge in [-0.1, -0.05) is 18.2 Å². The predicted octanol–water partition coefficient (Wildman–Crippen LogP) is 1.71. The van der Waals surface area contributed by atoms with Crippen LogP contribution < -0.4 is 19.9 Å². The third-order valence-corrected chi connectivity index (χ3v) is 9.24. The summed E-state index contributed by atoms with van der Waals surface area (Å²) in [6, 6.07) is 10.2. The van der Waals surface area contributed by atoms with Crippen LogP contribution >= 0.6 is 0 Å². The molecule has 0 amide bonds. The van der Waals surface area contributed by atoms with Crippen molar-refractivity contribution in [1.29, 1.82) is 0 Å². The molecule has 1 N–H and O–H groups in total. The lowest BCUT2D eigenvalue weighted by atomic mass is 9.87. The van der Waals surface area contributed by atoms with Crippen LogP contribution in [0.1, 0.15) is 47.6 Å². The zero-order chi connectivity index (χ0) is 27.7. The summed E-state index contributed by atoms with van der Waals surface area (Å²) in [6.07, 6.45) is 3.68. The molecule has 0 radical (unpaired) electrons. The Balaban J connectivity index is 1.76. The summed E-state index contributed by atoms with van der Waals surface area (Å²) in [7, 11) is -9.93. The standard InChI is InChI=1S/C28H25NO8S2/c1-16(30)12-17-6-8-20-24(13-17)37-28-22-5-3-11-29-10-2-4-18(27(22)29)14-23(28)26(20)21-9-7-19(38(31,32)33)15-25(21)39(34,35)36/h6-9,13-15H,2-5,10-12H2,1H3,(H-,31,32,33,34,35,36). The molecule has 0 unspecified atom stereocenters. The summed E-state index contributed by atoms with van der Waals surface area (Å²) >= 11 is 0. The number of ether oxygens (including phenoxy) is 1. The molecule has 3 aromatic rings. The van der Waals surface area contributed by atoms with Gasteiger partial charge in [-0.2, -0.15) is 8.42 Å². The van der Waals surface area contributed by atoms with Crippen LogP contribution in [-0.2, 0) is 44.3 Å². The number of aryl methyl sites for hydroxylation is 1. The van der Waals surface area contributed by atoms with E-state index in [1.807, 2.05) is 6.07 Å². The van der Waals surface area contributed by atoms with Crippen molar-refractivity contribution in [3.63, 3.8) is 0 Å². The first-order chi connectivity index (χ1) is 18.4. The van der Waals surface area contributed by atoms with Gasteiger partial charge in [0.2, 0.25) is 5.36 Å². The molecule has 0 saturated carbocycles. The van der Waals surface area contributed by atoms with E-state index >= 15 is 0 Å². The van der Waals surface area contributed by atoms with E-state index in [-0.39, 0.29) is 17.8 Å². The number of Topliss-reactive ketones (excluding diaryl/α,β-unsaturated/α-hetero) is 1. The number of fused-ring (bicyclic) bond motifs is 3. The number of carbonyl (C=O) groups is 1. The summed E-state index contributed by atoms with van der Waals surface area (Å²) < 4.78 is 79.3. The molecule has 0 spiro atoms. The highest BCUT2D eigenvalue weighted by molar-refractivity contribution is 7.86. The lowest BCUT2D eigenvalue weighted by Crippen LogP contribution is -2.45. The van der Waals surface area contributed by atoms with Crippen molar-refractivity contribution in [3.05, 3.63) is 80.9 Å². The van der Waals surface area contributed by atoms with Gasteiger partial charge in [0.25, 0.3) is 10.1 Å². The Kier molecular flexibility index (Phi) is 6.03. The van der Waals surface area contributed by atoms with Crippen LogP contribution in [0.3, 0.4) is 0 Å². The van der Waals surface area contributed by atoms with Crippen LogP contribution in [0, 0.1) is 0 Å². The monoisotopic (exact) mass is 567 g/mol.